The number of hydrogen-bond acceptors (Lipinski definition) is 5. The first-order chi connectivity index (χ1) is 25.5. The number of aliphatic hydroxyl groups excluding tert-OH is 2. The zero-order valence-corrected chi connectivity index (χ0v) is 38.0. The summed E-state index contributed by atoms with van der Waals surface area (Å²) in [6, 6.07) is 3.91. The van der Waals surface area contributed by atoms with Crippen LogP contribution in [0, 0.1) is 39.4 Å². The normalized spacial score (nSPS) is 29.0. The molecule has 7 fully saturated rings. The monoisotopic (exact) mass is 788 g/mol. The summed E-state index contributed by atoms with van der Waals surface area (Å²) in [6.45, 7) is 14.0. The summed E-state index contributed by atoms with van der Waals surface area (Å²) in [6.07, 6.45) is 37.5. The van der Waals surface area contributed by atoms with Crippen molar-refractivity contribution in [1.29, 1.82) is 0 Å². The summed E-state index contributed by atoms with van der Waals surface area (Å²) < 4.78 is 6.86. The second-order valence-corrected chi connectivity index (χ2v) is 24.0. The molecule has 0 saturated heterocycles. The minimum Gasteiger partial charge on any atom is -0.413 e. The van der Waals surface area contributed by atoms with Crippen LogP contribution in [0.5, 0.6) is 0 Å². The van der Waals surface area contributed by atoms with Crippen LogP contribution in [0.25, 0.3) is 0 Å². The van der Waals surface area contributed by atoms with Crippen molar-refractivity contribution < 1.29 is 24.2 Å². The van der Waals surface area contributed by atoms with Gasteiger partial charge in [0, 0.05) is 36.6 Å². The smallest absolute Gasteiger partial charge is 0.192 e. The molecule has 0 aromatic carbocycles. The van der Waals surface area contributed by atoms with Crippen LogP contribution in [0.3, 0.4) is 0 Å². The fourth-order valence-electron chi connectivity index (χ4n) is 10.8. The lowest BCUT2D eigenvalue weighted by Gasteiger charge is -2.48. The molecule has 3 spiro atoms. The molecule has 8 aliphatic rings. The fourth-order valence-corrected chi connectivity index (χ4v) is 13.8. The number of rotatable bonds is 10. The number of aldehydes is 2. The second kappa shape index (κ2) is 24.4. The van der Waals surface area contributed by atoms with Crippen molar-refractivity contribution in [2.45, 2.75) is 213 Å². The molecule has 0 amide bonds. The van der Waals surface area contributed by atoms with E-state index < -0.39 is 8.32 Å². The predicted octanol–water partition coefficient (Wildman–Crippen LogP) is 11.0. The Morgan fingerprint density at radius 3 is 1.54 bits per heavy atom. The molecule has 0 aromatic rings. The Morgan fingerprint density at radius 1 is 0.732 bits per heavy atom. The quantitative estimate of drug-likeness (QED) is 0.131. The number of hydrogen-bond donors (Lipinski definition) is 2. The van der Waals surface area contributed by atoms with Crippen molar-refractivity contribution in [1.82, 2.24) is 0 Å². The fraction of sp³-hybridized carbons (Fsp3) is 0.872. The summed E-state index contributed by atoms with van der Waals surface area (Å²) in [5.41, 5.74) is 2.92. The molecule has 8 aliphatic carbocycles. The SMILES string of the molecule is C/C=C/CC1(C=O)CCC1.CC1CCC2(CCC2)C1O.CC[Si](CC)(CC)OC1C(C)CCC12CCC2.O=CC1CCC1.OCC1=CC2(CCC2)CC1.[B].[B].[B]. The Bertz CT molecular complexity index is 1170. The van der Waals surface area contributed by atoms with Gasteiger partial charge in [-0.3, -0.25) is 0 Å². The first-order valence-electron chi connectivity index (χ1n) is 22.7. The molecule has 0 heterocycles. The molecule has 4 atom stereocenters. The molecule has 7 saturated carbocycles. The molecule has 56 heavy (non-hydrogen) atoms. The zero-order chi connectivity index (χ0) is 38.6. The van der Waals surface area contributed by atoms with Crippen LogP contribution in [-0.4, -0.2) is 75.2 Å². The van der Waals surface area contributed by atoms with Crippen molar-refractivity contribution in [2.75, 3.05) is 6.61 Å². The average molecular weight is 788 g/mol. The van der Waals surface area contributed by atoms with Gasteiger partial charge in [-0.15, -0.1) is 0 Å². The van der Waals surface area contributed by atoms with Crippen molar-refractivity contribution in [3.63, 3.8) is 0 Å². The van der Waals surface area contributed by atoms with Gasteiger partial charge in [0.15, 0.2) is 8.32 Å². The third-order valence-electron chi connectivity index (χ3n) is 16.2. The third-order valence-corrected chi connectivity index (χ3v) is 20.8. The maximum absolute atomic E-state index is 10.6. The maximum atomic E-state index is 10.6. The highest BCUT2D eigenvalue weighted by Crippen LogP contribution is 2.58. The lowest BCUT2D eigenvalue weighted by Crippen LogP contribution is -2.49. The van der Waals surface area contributed by atoms with E-state index in [-0.39, 0.29) is 36.8 Å². The van der Waals surface area contributed by atoms with E-state index >= 15 is 0 Å². The minimum atomic E-state index is -1.40. The Kier molecular flexibility index (Phi) is 23.1. The largest absolute Gasteiger partial charge is 0.413 e. The Labute approximate surface area is 352 Å². The highest BCUT2D eigenvalue weighted by Gasteiger charge is 2.53. The molecule has 9 radical (unpaired) electrons. The van der Waals surface area contributed by atoms with E-state index in [1.54, 1.807) is 0 Å². The predicted molar refractivity (Wildman–Crippen MR) is 241 cm³/mol. The van der Waals surface area contributed by atoms with Crippen LogP contribution >= 0.6 is 0 Å². The van der Waals surface area contributed by atoms with Crippen molar-refractivity contribution >= 4 is 46.1 Å². The van der Waals surface area contributed by atoms with Gasteiger partial charge in [-0.05, 0) is 168 Å². The molecule has 8 rings (SSSR count). The van der Waals surface area contributed by atoms with Crippen LogP contribution in [-0.2, 0) is 14.0 Å². The molecule has 313 valence electrons. The van der Waals surface area contributed by atoms with Crippen LogP contribution < -0.4 is 0 Å². The van der Waals surface area contributed by atoms with Gasteiger partial charge in [-0.2, -0.15) is 0 Å². The first kappa shape index (κ1) is 53.1. The molecular weight excluding hydrogens is 705 g/mol. The summed E-state index contributed by atoms with van der Waals surface area (Å²) in [7, 11) is -1.40. The Hall–Kier alpha value is -0.888. The van der Waals surface area contributed by atoms with E-state index in [4.69, 9.17) is 9.53 Å². The maximum Gasteiger partial charge on any atom is 0.192 e. The third kappa shape index (κ3) is 12.8. The summed E-state index contributed by atoms with van der Waals surface area (Å²) >= 11 is 0. The van der Waals surface area contributed by atoms with Gasteiger partial charge in [0.25, 0.3) is 0 Å². The molecule has 5 nitrogen and oxygen atoms in total. The minimum absolute atomic E-state index is 0. The summed E-state index contributed by atoms with van der Waals surface area (Å²) in [5, 5.41) is 18.6. The zero-order valence-electron chi connectivity index (χ0n) is 37.0. The summed E-state index contributed by atoms with van der Waals surface area (Å²) in [4.78, 5) is 20.4. The van der Waals surface area contributed by atoms with Crippen molar-refractivity contribution in [3.05, 3.63) is 23.8 Å². The number of carbonyl (C=O) groups is 2. The molecular formula is C47H82B3O5Si. The Morgan fingerprint density at radius 2 is 1.27 bits per heavy atom. The number of carbonyl (C=O) groups excluding carboxylic acids is 2. The van der Waals surface area contributed by atoms with Gasteiger partial charge < -0.3 is 24.2 Å². The van der Waals surface area contributed by atoms with E-state index in [1.165, 1.54) is 126 Å². The van der Waals surface area contributed by atoms with Crippen LogP contribution in [0.15, 0.2) is 23.8 Å². The van der Waals surface area contributed by atoms with E-state index in [9.17, 15) is 14.7 Å². The first-order valence-corrected chi connectivity index (χ1v) is 25.2. The van der Waals surface area contributed by atoms with Gasteiger partial charge >= 0.3 is 0 Å². The Balaban J connectivity index is 0.000000358. The molecule has 0 aliphatic heterocycles. The lowest BCUT2D eigenvalue weighted by atomic mass is 9.66. The van der Waals surface area contributed by atoms with Gasteiger partial charge in [-0.1, -0.05) is 85.0 Å². The van der Waals surface area contributed by atoms with Crippen LogP contribution in [0.2, 0.25) is 18.1 Å². The highest BCUT2D eigenvalue weighted by atomic mass is 28.4. The molecule has 4 unspecified atom stereocenters. The van der Waals surface area contributed by atoms with E-state index in [0.29, 0.717) is 40.8 Å². The van der Waals surface area contributed by atoms with Gasteiger partial charge in [0.2, 0.25) is 0 Å². The molecule has 2 N–H and O–H groups in total. The number of aliphatic hydroxyl groups is 2. The molecule has 0 aromatic heterocycles. The van der Waals surface area contributed by atoms with E-state index in [2.05, 4.69) is 46.8 Å². The van der Waals surface area contributed by atoms with E-state index in [1.807, 2.05) is 13.0 Å². The van der Waals surface area contributed by atoms with E-state index in [0.717, 1.165) is 57.0 Å². The van der Waals surface area contributed by atoms with Crippen molar-refractivity contribution in [2.24, 2.45) is 39.4 Å². The number of allylic oxidation sites excluding steroid dienone is 3. The second-order valence-electron chi connectivity index (χ2n) is 19.3. The lowest BCUT2D eigenvalue weighted by molar-refractivity contribution is -0.120. The van der Waals surface area contributed by atoms with Gasteiger partial charge in [0.1, 0.15) is 12.6 Å². The topological polar surface area (TPSA) is 83.8 Å². The highest BCUT2D eigenvalue weighted by molar-refractivity contribution is 6.73. The molecule has 0 bridgehead atoms. The average Bonchev–Trinajstić information content (AvgIpc) is 3.78. The summed E-state index contributed by atoms with van der Waals surface area (Å²) in [5.74, 6) is 1.82. The van der Waals surface area contributed by atoms with Crippen molar-refractivity contribution in [3.8, 4) is 0 Å². The standard InChI is InChI=1S/C15H30OSi.C9H16O.2C9H14O.C5H8O.3B/c1-5-17(6-2,7-3)16-14-13(4)9-12-15(14)10-8-11-15;1-7-3-6-9(8(7)10)4-2-5-9;10-7-8-2-5-9(6-8)3-1-4-9;1-2-3-5-9(8-10)6-4-7-9;6-4-5-2-1-3-5;;;/h13-14H,5-12H2,1-4H3;7-8,10H,2-6H2,1H3;6,10H,1-5,7H2;2-3,8H,4-7H2,1H3;4-5H,1-3H2;;;/b;;;3-2+;;;;. The van der Waals surface area contributed by atoms with Gasteiger partial charge in [0.05, 0.1) is 18.8 Å². The van der Waals surface area contributed by atoms with Gasteiger partial charge in [-0.25, -0.2) is 0 Å². The van der Waals surface area contributed by atoms with Crippen LogP contribution in [0.1, 0.15) is 183 Å². The van der Waals surface area contributed by atoms with Crippen LogP contribution in [0.4, 0.5) is 0 Å². The molecule has 9 heteroatoms.